The van der Waals surface area contributed by atoms with Gasteiger partial charge in [-0.05, 0) is 31.0 Å². The zero-order chi connectivity index (χ0) is 19.1. The van der Waals surface area contributed by atoms with Crippen LogP contribution in [0.3, 0.4) is 0 Å². The van der Waals surface area contributed by atoms with Gasteiger partial charge in [0.1, 0.15) is 0 Å². The molecule has 1 aromatic carbocycles. The third kappa shape index (κ3) is 5.06. The van der Waals surface area contributed by atoms with Crippen molar-refractivity contribution in [3.05, 3.63) is 53.9 Å². The lowest BCUT2D eigenvalue weighted by Crippen LogP contribution is -2.19. The van der Waals surface area contributed by atoms with Gasteiger partial charge in [0.25, 0.3) is 5.91 Å². The lowest BCUT2D eigenvalue weighted by molar-refractivity contribution is 0.0602. The number of pyridine rings is 1. The summed E-state index contributed by atoms with van der Waals surface area (Å²) in [7, 11) is 1.31. The van der Waals surface area contributed by atoms with Gasteiger partial charge in [-0.25, -0.2) is 4.79 Å². The Hall–Kier alpha value is -2.89. The van der Waals surface area contributed by atoms with Crippen molar-refractivity contribution in [2.75, 3.05) is 17.7 Å². The number of hydrogen-bond acceptors (Lipinski definition) is 5. The summed E-state index contributed by atoms with van der Waals surface area (Å²) in [5.74, 6) is -0.809. The van der Waals surface area contributed by atoms with Crippen LogP contribution in [0.15, 0.2) is 42.7 Å². The smallest absolute Gasteiger partial charge is 0.339 e. The number of aromatic nitrogens is 1. The van der Waals surface area contributed by atoms with Gasteiger partial charge in [-0.3, -0.25) is 9.78 Å². The lowest BCUT2D eigenvalue weighted by Gasteiger charge is -2.17. The second-order valence-electron chi connectivity index (χ2n) is 6.79. The number of carbonyl (C=O) groups excluding carboxylic acids is 2. The Morgan fingerprint density at radius 1 is 1.07 bits per heavy atom. The molecule has 1 aromatic heterocycles. The third-order valence-corrected chi connectivity index (χ3v) is 4.81. The van der Waals surface area contributed by atoms with E-state index >= 15 is 0 Å². The van der Waals surface area contributed by atoms with Crippen LogP contribution < -0.4 is 10.6 Å². The highest BCUT2D eigenvalue weighted by Gasteiger charge is 2.16. The summed E-state index contributed by atoms with van der Waals surface area (Å²) in [5, 5.41) is 6.28. The fraction of sp³-hybridized carbons (Fsp3) is 0.381. The topological polar surface area (TPSA) is 80.3 Å². The van der Waals surface area contributed by atoms with Gasteiger partial charge < -0.3 is 15.4 Å². The average Bonchev–Trinajstić information content (AvgIpc) is 2.96. The van der Waals surface area contributed by atoms with Crippen molar-refractivity contribution in [2.45, 2.75) is 44.6 Å². The normalized spacial score (nSPS) is 14.9. The Bertz CT molecular complexity index is 799. The third-order valence-electron chi connectivity index (χ3n) is 4.81. The van der Waals surface area contributed by atoms with Crippen LogP contribution in [-0.2, 0) is 4.74 Å². The Morgan fingerprint density at radius 3 is 2.56 bits per heavy atom. The van der Waals surface area contributed by atoms with E-state index in [-0.39, 0.29) is 5.91 Å². The molecule has 1 saturated carbocycles. The number of carbonyl (C=O) groups is 2. The molecule has 1 aliphatic carbocycles. The van der Waals surface area contributed by atoms with Crippen LogP contribution in [0.1, 0.15) is 59.2 Å². The van der Waals surface area contributed by atoms with Gasteiger partial charge >= 0.3 is 5.97 Å². The van der Waals surface area contributed by atoms with Crippen molar-refractivity contribution >= 4 is 23.3 Å². The minimum absolute atomic E-state index is 0.314. The van der Waals surface area contributed by atoms with E-state index in [1.165, 1.54) is 39.0 Å². The number of esters is 1. The molecule has 27 heavy (non-hydrogen) atoms. The highest BCUT2D eigenvalue weighted by molar-refractivity contribution is 6.08. The zero-order valence-corrected chi connectivity index (χ0v) is 15.5. The maximum atomic E-state index is 12.6. The molecule has 0 unspecified atom stereocenters. The van der Waals surface area contributed by atoms with E-state index in [0.29, 0.717) is 22.9 Å². The molecule has 2 aromatic rings. The first kappa shape index (κ1) is 18.9. The number of amides is 1. The molecule has 1 amide bonds. The van der Waals surface area contributed by atoms with Crippen molar-refractivity contribution in [1.82, 2.24) is 4.98 Å². The largest absolute Gasteiger partial charge is 0.465 e. The Balaban J connectivity index is 1.71. The van der Waals surface area contributed by atoms with Crippen molar-refractivity contribution in [1.29, 1.82) is 0 Å². The number of para-hydroxylation sites is 1. The maximum absolute atomic E-state index is 12.6. The van der Waals surface area contributed by atoms with E-state index in [0.717, 1.165) is 18.5 Å². The number of ether oxygens (including phenoxy) is 1. The van der Waals surface area contributed by atoms with Crippen molar-refractivity contribution in [2.24, 2.45) is 0 Å². The molecule has 3 rings (SSSR count). The average molecular weight is 367 g/mol. The van der Waals surface area contributed by atoms with Crippen LogP contribution >= 0.6 is 0 Å². The molecule has 6 heteroatoms. The molecule has 0 saturated heterocycles. The predicted octanol–water partition coefficient (Wildman–Crippen LogP) is 4.26. The standard InChI is InChI=1S/C21H25N3O3/c1-27-21(26)18-10-6-7-11-19(18)24-20(25)15-12-17(14-22-13-15)23-16-8-4-2-3-5-9-16/h6-7,10-14,16,23H,2-5,8-9H2,1H3,(H,24,25). The van der Waals surface area contributed by atoms with Gasteiger partial charge in [-0.2, -0.15) is 0 Å². The van der Waals surface area contributed by atoms with E-state index in [2.05, 4.69) is 15.6 Å². The number of benzene rings is 1. The van der Waals surface area contributed by atoms with Gasteiger partial charge in [0.05, 0.1) is 29.6 Å². The predicted molar refractivity (Wildman–Crippen MR) is 105 cm³/mol. The van der Waals surface area contributed by atoms with Gasteiger partial charge in [0.15, 0.2) is 0 Å². The molecule has 1 aliphatic rings. The van der Waals surface area contributed by atoms with E-state index in [4.69, 9.17) is 4.74 Å². The first-order valence-electron chi connectivity index (χ1n) is 9.37. The molecule has 0 aliphatic heterocycles. The number of nitrogens with one attached hydrogen (secondary N) is 2. The summed E-state index contributed by atoms with van der Waals surface area (Å²) in [6, 6.07) is 8.99. The van der Waals surface area contributed by atoms with Crippen LogP contribution in [0.5, 0.6) is 0 Å². The van der Waals surface area contributed by atoms with Crippen molar-refractivity contribution < 1.29 is 14.3 Å². The minimum Gasteiger partial charge on any atom is -0.465 e. The van der Waals surface area contributed by atoms with Crippen molar-refractivity contribution in [3.8, 4) is 0 Å². The Morgan fingerprint density at radius 2 is 1.81 bits per heavy atom. The quantitative estimate of drug-likeness (QED) is 0.610. The van der Waals surface area contributed by atoms with Gasteiger partial charge in [-0.1, -0.05) is 37.8 Å². The first-order valence-corrected chi connectivity index (χ1v) is 9.37. The molecule has 1 heterocycles. The number of anilines is 2. The molecule has 0 bridgehead atoms. The van der Waals surface area contributed by atoms with Crippen LogP contribution in [0.2, 0.25) is 0 Å². The number of hydrogen-bond donors (Lipinski definition) is 2. The van der Waals surface area contributed by atoms with Gasteiger partial charge in [0.2, 0.25) is 0 Å². The SMILES string of the molecule is COC(=O)c1ccccc1NC(=O)c1cncc(NC2CCCCCC2)c1. The Kier molecular flexibility index (Phi) is 6.41. The second kappa shape index (κ2) is 9.16. The van der Waals surface area contributed by atoms with Crippen LogP contribution in [0, 0.1) is 0 Å². The zero-order valence-electron chi connectivity index (χ0n) is 15.5. The summed E-state index contributed by atoms with van der Waals surface area (Å²) < 4.78 is 4.77. The summed E-state index contributed by atoms with van der Waals surface area (Å²) in [5.41, 5.74) is 2.01. The van der Waals surface area contributed by atoms with Crippen molar-refractivity contribution in [3.63, 3.8) is 0 Å². The Labute approximate surface area is 159 Å². The van der Waals surface area contributed by atoms with E-state index in [1.807, 2.05) is 0 Å². The van der Waals surface area contributed by atoms with E-state index < -0.39 is 5.97 Å². The number of methoxy groups -OCH3 is 1. The molecule has 2 N–H and O–H groups in total. The molecular weight excluding hydrogens is 342 g/mol. The molecule has 0 radical (unpaired) electrons. The van der Waals surface area contributed by atoms with E-state index in [1.54, 1.807) is 36.5 Å². The summed E-state index contributed by atoms with van der Waals surface area (Å²) in [4.78, 5) is 28.7. The van der Waals surface area contributed by atoms with Gasteiger partial charge in [-0.15, -0.1) is 0 Å². The van der Waals surface area contributed by atoms with Crippen LogP contribution in [0.25, 0.3) is 0 Å². The van der Waals surface area contributed by atoms with E-state index in [9.17, 15) is 9.59 Å². The molecule has 6 nitrogen and oxygen atoms in total. The highest BCUT2D eigenvalue weighted by Crippen LogP contribution is 2.22. The summed E-state index contributed by atoms with van der Waals surface area (Å²) in [6.45, 7) is 0. The molecule has 1 fully saturated rings. The van der Waals surface area contributed by atoms with Crippen LogP contribution in [0.4, 0.5) is 11.4 Å². The molecular formula is C21H25N3O3. The second-order valence-corrected chi connectivity index (χ2v) is 6.79. The van der Waals surface area contributed by atoms with Crippen LogP contribution in [-0.4, -0.2) is 30.0 Å². The minimum atomic E-state index is -0.493. The maximum Gasteiger partial charge on any atom is 0.339 e. The number of nitrogens with zero attached hydrogens (tertiary/aromatic N) is 1. The monoisotopic (exact) mass is 367 g/mol. The fourth-order valence-electron chi connectivity index (χ4n) is 3.38. The molecule has 0 spiro atoms. The van der Waals surface area contributed by atoms with Gasteiger partial charge in [0, 0.05) is 18.4 Å². The highest BCUT2D eigenvalue weighted by atomic mass is 16.5. The summed E-state index contributed by atoms with van der Waals surface area (Å²) in [6.07, 6.45) is 10.6. The summed E-state index contributed by atoms with van der Waals surface area (Å²) >= 11 is 0. The number of rotatable bonds is 5. The fourth-order valence-corrected chi connectivity index (χ4v) is 3.38. The lowest BCUT2D eigenvalue weighted by atomic mass is 10.1. The molecule has 142 valence electrons. The first-order chi connectivity index (χ1) is 13.2. The molecule has 0 atom stereocenters.